The number of hydrogen-bond donors (Lipinski definition) is 0. The number of esters is 3. The highest BCUT2D eigenvalue weighted by atomic mass is 16.6. The van der Waals surface area contributed by atoms with Gasteiger partial charge in [0, 0.05) is 23.0 Å². The van der Waals surface area contributed by atoms with Crippen molar-refractivity contribution in [2.24, 2.45) is 0 Å². The van der Waals surface area contributed by atoms with Crippen LogP contribution in [-0.2, 0) is 28.6 Å². The smallest absolute Gasteiger partial charge is 0.336 e. The SMILES string of the molecule is COC(=O)CN1C(C)=C(C(=O)OC)C(c2ccccc2[N+](=O)[O-])C(C(=O)OC)=C1C. The Balaban J connectivity index is 2.88. The average molecular weight is 418 g/mol. The van der Waals surface area contributed by atoms with Crippen LogP contribution in [0.5, 0.6) is 0 Å². The van der Waals surface area contributed by atoms with Crippen LogP contribution < -0.4 is 0 Å². The molecule has 0 fully saturated rings. The van der Waals surface area contributed by atoms with Gasteiger partial charge in [-0.1, -0.05) is 18.2 Å². The minimum atomic E-state index is -1.12. The standard InChI is InChI=1S/C20H22N2O8/c1-11-16(19(24)29-4)18(13-8-6-7-9-14(13)22(26)27)17(20(25)30-5)12(2)21(11)10-15(23)28-3/h6-9,18H,10H2,1-5H3. The molecule has 2 rings (SSSR count). The molecular formula is C20H22N2O8. The normalized spacial score (nSPS) is 14.5. The van der Waals surface area contributed by atoms with Gasteiger partial charge in [0.1, 0.15) is 6.54 Å². The second kappa shape index (κ2) is 9.21. The molecule has 1 aliphatic heterocycles. The van der Waals surface area contributed by atoms with Crippen LogP contribution >= 0.6 is 0 Å². The molecule has 160 valence electrons. The molecule has 30 heavy (non-hydrogen) atoms. The highest BCUT2D eigenvalue weighted by Gasteiger charge is 2.43. The van der Waals surface area contributed by atoms with Crippen molar-refractivity contribution in [2.45, 2.75) is 19.8 Å². The van der Waals surface area contributed by atoms with Crippen molar-refractivity contribution in [3.05, 3.63) is 62.5 Å². The van der Waals surface area contributed by atoms with Crippen LogP contribution in [0, 0.1) is 10.1 Å². The molecule has 1 aromatic carbocycles. The van der Waals surface area contributed by atoms with E-state index < -0.39 is 28.7 Å². The van der Waals surface area contributed by atoms with Gasteiger partial charge in [-0.25, -0.2) is 9.59 Å². The van der Waals surface area contributed by atoms with Gasteiger partial charge in [0.05, 0.1) is 43.3 Å². The minimum absolute atomic E-state index is 0.0123. The van der Waals surface area contributed by atoms with Crippen molar-refractivity contribution in [2.75, 3.05) is 27.9 Å². The molecule has 0 radical (unpaired) electrons. The lowest BCUT2D eigenvalue weighted by Gasteiger charge is -2.36. The van der Waals surface area contributed by atoms with E-state index in [0.29, 0.717) is 11.4 Å². The number of para-hydroxylation sites is 1. The summed E-state index contributed by atoms with van der Waals surface area (Å²) < 4.78 is 14.5. The van der Waals surface area contributed by atoms with E-state index in [4.69, 9.17) is 14.2 Å². The molecule has 0 bridgehead atoms. The summed E-state index contributed by atoms with van der Waals surface area (Å²) in [7, 11) is 3.53. The van der Waals surface area contributed by atoms with Crippen molar-refractivity contribution in [1.82, 2.24) is 4.90 Å². The minimum Gasteiger partial charge on any atom is -0.468 e. The zero-order valence-electron chi connectivity index (χ0n) is 17.3. The van der Waals surface area contributed by atoms with Crippen molar-refractivity contribution >= 4 is 23.6 Å². The highest BCUT2D eigenvalue weighted by molar-refractivity contribution is 6.00. The third-order valence-electron chi connectivity index (χ3n) is 4.94. The Morgan fingerprint density at radius 1 is 0.967 bits per heavy atom. The van der Waals surface area contributed by atoms with E-state index in [1.54, 1.807) is 19.9 Å². The Morgan fingerprint density at radius 2 is 1.47 bits per heavy atom. The number of carbonyl (C=O) groups is 3. The lowest BCUT2D eigenvalue weighted by Crippen LogP contribution is -2.38. The van der Waals surface area contributed by atoms with Gasteiger partial charge in [-0.15, -0.1) is 0 Å². The third-order valence-corrected chi connectivity index (χ3v) is 4.94. The summed E-state index contributed by atoms with van der Waals surface area (Å²) >= 11 is 0. The number of hydrogen-bond acceptors (Lipinski definition) is 9. The Morgan fingerprint density at radius 3 is 1.90 bits per heavy atom. The van der Waals surface area contributed by atoms with E-state index in [1.807, 2.05) is 0 Å². The fourth-order valence-corrected chi connectivity index (χ4v) is 3.50. The zero-order chi connectivity index (χ0) is 22.6. The molecule has 0 spiro atoms. The van der Waals surface area contributed by atoms with E-state index in [2.05, 4.69) is 0 Å². The number of nitro benzene ring substituents is 1. The van der Waals surface area contributed by atoms with Gasteiger partial charge in [0.25, 0.3) is 5.69 Å². The van der Waals surface area contributed by atoms with E-state index >= 15 is 0 Å². The molecule has 1 aliphatic rings. The van der Waals surface area contributed by atoms with Crippen LogP contribution in [-0.4, -0.2) is 55.6 Å². The average Bonchev–Trinajstić information content (AvgIpc) is 2.74. The topological polar surface area (TPSA) is 125 Å². The van der Waals surface area contributed by atoms with Gasteiger partial charge in [0.15, 0.2) is 0 Å². The van der Waals surface area contributed by atoms with Crippen molar-refractivity contribution < 1.29 is 33.5 Å². The van der Waals surface area contributed by atoms with Gasteiger partial charge in [-0.2, -0.15) is 0 Å². The first-order valence-electron chi connectivity index (χ1n) is 8.85. The Kier molecular flexibility index (Phi) is 6.93. The van der Waals surface area contributed by atoms with E-state index in [1.165, 1.54) is 30.2 Å². The predicted molar refractivity (Wildman–Crippen MR) is 104 cm³/mol. The Bertz CT molecular complexity index is 923. The van der Waals surface area contributed by atoms with E-state index in [9.17, 15) is 24.5 Å². The van der Waals surface area contributed by atoms with Crippen molar-refractivity contribution in [3.8, 4) is 0 Å². The van der Waals surface area contributed by atoms with Crippen LogP contribution in [0.1, 0.15) is 25.3 Å². The monoisotopic (exact) mass is 418 g/mol. The number of rotatable bonds is 6. The molecule has 1 heterocycles. The van der Waals surface area contributed by atoms with E-state index in [0.717, 1.165) is 14.2 Å². The van der Waals surface area contributed by atoms with Crippen LogP contribution in [0.4, 0.5) is 5.69 Å². The highest BCUT2D eigenvalue weighted by Crippen LogP contribution is 2.45. The van der Waals surface area contributed by atoms with Crippen LogP contribution in [0.2, 0.25) is 0 Å². The molecule has 0 saturated heterocycles. The first-order valence-corrected chi connectivity index (χ1v) is 8.85. The summed E-state index contributed by atoms with van der Waals surface area (Å²) in [6.07, 6.45) is 0. The van der Waals surface area contributed by atoms with Gasteiger partial charge >= 0.3 is 17.9 Å². The molecular weight excluding hydrogens is 396 g/mol. The molecule has 0 unspecified atom stereocenters. The lowest BCUT2D eigenvalue weighted by atomic mass is 9.79. The number of allylic oxidation sites excluding steroid dienone is 2. The summed E-state index contributed by atoms with van der Waals surface area (Å²) in [4.78, 5) is 49.9. The van der Waals surface area contributed by atoms with Crippen LogP contribution in [0.3, 0.4) is 0 Å². The molecule has 0 atom stereocenters. The molecule has 0 amide bonds. The number of ether oxygens (including phenoxy) is 3. The van der Waals surface area contributed by atoms with E-state index in [-0.39, 0.29) is 28.9 Å². The number of benzene rings is 1. The second-order valence-corrected chi connectivity index (χ2v) is 6.39. The third kappa shape index (κ3) is 4.02. The number of nitrogens with zero attached hydrogens (tertiary/aromatic N) is 2. The fraction of sp³-hybridized carbons (Fsp3) is 0.350. The second-order valence-electron chi connectivity index (χ2n) is 6.39. The maximum Gasteiger partial charge on any atom is 0.336 e. The molecule has 0 aromatic heterocycles. The fourth-order valence-electron chi connectivity index (χ4n) is 3.50. The Hall–Kier alpha value is -3.69. The maximum atomic E-state index is 12.7. The van der Waals surface area contributed by atoms with Gasteiger partial charge in [0.2, 0.25) is 0 Å². The predicted octanol–water partition coefficient (Wildman–Crippen LogP) is 2.06. The summed E-state index contributed by atoms with van der Waals surface area (Å²) in [6.45, 7) is 2.85. The molecule has 10 nitrogen and oxygen atoms in total. The molecule has 10 heteroatoms. The van der Waals surface area contributed by atoms with Crippen LogP contribution in [0.15, 0.2) is 46.8 Å². The summed E-state index contributed by atoms with van der Waals surface area (Å²) in [6, 6.07) is 5.80. The summed E-state index contributed by atoms with van der Waals surface area (Å²) in [5, 5.41) is 11.6. The summed E-state index contributed by atoms with van der Waals surface area (Å²) in [5.41, 5.74) is 0.441. The summed E-state index contributed by atoms with van der Waals surface area (Å²) in [5.74, 6) is -3.31. The van der Waals surface area contributed by atoms with Gasteiger partial charge < -0.3 is 19.1 Å². The van der Waals surface area contributed by atoms with Crippen molar-refractivity contribution in [1.29, 1.82) is 0 Å². The van der Waals surface area contributed by atoms with Crippen LogP contribution in [0.25, 0.3) is 0 Å². The van der Waals surface area contributed by atoms with Gasteiger partial charge in [-0.05, 0) is 13.8 Å². The number of methoxy groups -OCH3 is 3. The van der Waals surface area contributed by atoms with Crippen molar-refractivity contribution in [3.63, 3.8) is 0 Å². The molecule has 0 N–H and O–H groups in total. The maximum absolute atomic E-state index is 12.7. The Labute approximate surface area is 172 Å². The largest absolute Gasteiger partial charge is 0.468 e. The number of carbonyl (C=O) groups excluding carboxylic acids is 3. The first kappa shape index (κ1) is 22.6. The molecule has 0 saturated carbocycles. The molecule has 1 aromatic rings. The van der Waals surface area contributed by atoms with Gasteiger partial charge in [-0.3, -0.25) is 14.9 Å². The lowest BCUT2D eigenvalue weighted by molar-refractivity contribution is -0.385. The zero-order valence-corrected chi connectivity index (χ0v) is 17.3. The first-order chi connectivity index (χ1) is 14.2. The molecule has 0 aliphatic carbocycles. The quantitative estimate of drug-likeness (QED) is 0.295. The number of nitro groups is 1.